The maximum absolute atomic E-state index is 12.3. The molecule has 2 atom stereocenters. The number of allylic oxidation sites excluding steroid dienone is 1. The number of carbonyl (C=O) groups excluding carboxylic acids is 2. The number of hydrogen-bond acceptors (Lipinski definition) is 8. The van der Waals surface area contributed by atoms with E-state index in [0.717, 1.165) is 4.91 Å². The third-order valence-corrected chi connectivity index (χ3v) is 8.97. The summed E-state index contributed by atoms with van der Waals surface area (Å²) >= 11 is 6.64. The van der Waals surface area contributed by atoms with Gasteiger partial charge in [-0.3, -0.25) is 0 Å². The second kappa shape index (κ2) is 7.04. The Morgan fingerprint density at radius 3 is 2.22 bits per heavy atom. The molecule has 0 radical (unpaired) electrons. The molecule has 8 heteroatoms. The fourth-order valence-corrected chi connectivity index (χ4v) is 7.77. The van der Waals surface area contributed by atoms with E-state index in [-0.39, 0.29) is 11.2 Å². The number of thioether (sulfide) groups is 4. The zero-order chi connectivity index (χ0) is 16.6. The molecule has 0 aromatic carbocycles. The Kier molecular flexibility index (Phi) is 5.25. The van der Waals surface area contributed by atoms with Gasteiger partial charge in [0.25, 0.3) is 0 Å². The lowest BCUT2D eigenvalue weighted by atomic mass is 9.88. The summed E-state index contributed by atoms with van der Waals surface area (Å²) in [6.07, 6.45) is 2.05. The molecule has 0 unspecified atom stereocenters. The Hall–Kier alpha value is -0.700. The first-order valence-electron chi connectivity index (χ1n) is 6.76. The molecule has 3 rings (SSSR count). The van der Waals surface area contributed by atoms with Crippen molar-refractivity contribution in [1.82, 2.24) is 0 Å². The van der Waals surface area contributed by atoms with Crippen LogP contribution in [0.2, 0.25) is 0 Å². The fraction of sp³-hybridized carbons (Fsp3) is 0.333. The van der Waals surface area contributed by atoms with Crippen LogP contribution in [0, 0.1) is 5.92 Å². The van der Waals surface area contributed by atoms with Crippen molar-refractivity contribution >= 4 is 59.0 Å². The summed E-state index contributed by atoms with van der Waals surface area (Å²) in [6, 6.07) is 0. The Morgan fingerprint density at radius 1 is 1.00 bits per heavy atom. The van der Waals surface area contributed by atoms with Gasteiger partial charge in [0.05, 0.1) is 39.1 Å². The Labute approximate surface area is 151 Å². The monoisotopic (exact) mass is 386 g/mol. The van der Waals surface area contributed by atoms with Crippen molar-refractivity contribution in [3.63, 3.8) is 0 Å². The fourth-order valence-electron chi connectivity index (χ4n) is 2.51. The van der Waals surface area contributed by atoms with Gasteiger partial charge in [0.2, 0.25) is 0 Å². The molecular weight excluding hydrogens is 372 g/mol. The predicted molar refractivity (Wildman–Crippen MR) is 98.6 cm³/mol. The Bertz CT molecular complexity index is 680. The maximum Gasteiger partial charge on any atom is 0.335 e. The van der Waals surface area contributed by atoms with Crippen LogP contribution in [0.3, 0.4) is 0 Å². The first kappa shape index (κ1) is 17.1. The normalized spacial score (nSPS) is 26.3. The first-order chi connectivity index (χ1) is 11.1. The molecule has 4 nitrogen and oxygen atoms in total. The van der Waals surface area contributed by atoms with Crippen LogP contribution in [-0.4, -0.2) is 31.4 Å². The van der Waals surface area contributed by atoms with Crippen molar-refractivity contribution < 1.29 is 19.1 Å². The molecule has 2 aliphatic heterocycles. The van der Waals surface area contributed by atoms with E-state index in [0.29, 0.717) is 11.1 Å². The number of esters is 2. The molecule has 1 fully saturated rings. The molecule has 0 spiro atoms. The lowest BCUT2D eigenvalue weighted by Crippen LogP contribution is -2.28. The molecule has 0 saturated carbocycles. The standard InChI is InChI=1S/C15H14O4S4/c1-7-6-8-11(23-15(22-8)14-20-4-5-21-14)10(13(17)19-3)9(7)12(16)18-2/h4-7,11H,1-3H3/t7-,11+/m0/s1. The minimum Gasteiger partial charge on any atom is -0.466 e. The minimum atomic E-state index is -0.466. The highest BCUT2D eigenvalue weighted by Crippen LogP contribution is 2.60. The molecule has 0 bridgehead atoms. The summed E-state index contributed by atoms with van der Waals surface area (Å²) in [5.41, 5.74) is 0.815. The molecular formula is C15H14O4S4. The molecule has 1 aliphatic carbocycles. The van der Waals surface area contributed by atoms with Crippen LogP contribution >= 0.6 is 47.0 Å². The summed E-state index contributed by atoms with van der Waals surface area (Å²) in [7, 11) is 2.67. The zero-order valence-corrected chi connectivity index (χ0v) is 15.9. The van der Waals surface area contributed by atoms with Gasteiger partial charge in [-0.15, -0.1) is 11.8 Å². The van der Waals surface area contributed by atoms with Gasteiger partial charge >= 0.3 is 11.9 Å². The number of carbonyl (C=O) groups is 2. The summed E-state index contributed by atoms with van der Waals surface area (Å²) in [5, 5.41) is 3.90. The quantitative estimate of drug-likeness (QED) is 0.658. The first-order valence-corrected chi connectivity index (χ1v) is 10.2. The Balaban J connectivity index is 2.04. The third-order valence-electron chi connectivity index (χ3n) is 3.50. The van der Waals surface area contributed by atoms with Gasteiger partial charge in [-0.05, 0) is 10.8 Å². The molecule has 122 valence electrons. The van der Waals surface area contributed by atoms with Gasteiger partial charge in [0.15, 0.2) is 0 Å². The van der Waals surface area contributed by atoms with Crippen molar-refractivity contribution in [2.45, 2.75) is 12.2 Å². The van der Waals surface area contributed by atoms with Crippen LogP contribution in [0.15, 0.2) is 41.4 Å². The van der Waals surface area contributed by atoms with E-state index in [1.807, 2.05) is 23.8 Å². The lowest BCUT2D eigenvalue weighted by molar-refractivity contribution is -0.139. The summed E-state index contributed by atoms with van der Waals surface area (Å²) < 4.78 is 12.2. The van der Waals surface area contributed by atoms with Crippen molar-refractivity contribution in [2.75, 3.05) is 14.2 Å². The SMILES string of the molecule is COC(=O)C1=C(C(=O)OC)[C@@H](C)C=C2SC(=C3SC=CS3)S[C@H]21. The van der Waals surface area contributed by atoms with Gasteiger partial charge < -0.3 is 9.47 Å². The topological polar surface area (TPSA) is 52.6 Å². The summed E-state index contributed by atoms with van der Waals surface area (Å²) in [4.78, 5) is 25.6. The van der Waals surface area contributed by atoms with Gasteiger partial charge in [-0.2, -0.15) is 0 Å². The van der Waals surface area contributed by atoms with Crippen molar-refractivity contribution in [3.05, 3.63) is 41.4 Å². The second-order valence-electron chi connectivity index (χ2n) is 4.85. The molecule has 0 N–H and O–H groups in total. The van der Waals surface area contributed by atoms with E-state index in [1.54, 1.807) is 47.0 Å². The van der Waals surface area contributed by atoms with E-state index in [9.17, 15) is 9.59 Å². The average molecular weight is 387 g/mol. The van der Waals surface area contributed by atoms with Crippen molar-refractivity contribution in [3.8, 4) is 0 Å². The van der Waals surface area contributed by atoms with E-state index in [2.05, 4.69) is 0 Å². The maximum atomic E-state index is 12.3. The summed E-state index contributed by atoms with van der Waals surface area (Å²) in [5.74, 6) is -1.11. The predicted octanol–water partition coefficient (Wildman–Crippen LogP) is 4.09. The van der Waals surface area contributed by atoms with Crippen LogP contribution in [0.5, 0.6) is 0 Å². The number of methoxy groups -OCH3 is 2. The highest BCUT2D eigenvalue weighted by molar-refractivity contribution is 8.33. The molecule has 0 amide bonds. The molecule has 3 aliphatic rings. The van der Waals surface area contributed by atoms with Gasteiger partial charge in [0.1, 0.15) is 0 Å². The van der Waals surface area contributed by atoms with Crippen LogP contribution < -0.4 is 0 Å². The van der Waals surface area contributed by atoms with E-state index in [1.165, 1.54) is 22.7 Å². The zero-order valence-electron chi connectivity index (χ0n) is 12.7. The smallest absolute Gasteiger partial charge is 0.335 e. The van der Waals surface area contributed by atoms with E-state index in [4.69, 9.17) is 9.47 Å². The average Bonchev–Trinajstić information content (AvgIpc) is 3.20. The second-order valence-corrected chi connectivity index (χ2v) is 9.40. The highest BCUT2D eigenvalue weighted by atomic mass is 32.2. The molecule has 0 aromatic heterocycles. The Morgan fingerprint density at radius 2 is 1.61 bits per heavy atom. The molecule has 2 heterocycles. The number of fused-ring (bicyclic) bond motifs is 1. The lowest BCUT2D eigenvalue weighted by Gasteiger charge is -2.24. The van der Waals surface area contributed by atoms with Crippen molar-refractivity contribution in [2.24, 2.45) is 5.92 Å². The third kappa shape index (κ3) is 3.14. The van der Waals surface area contributed by atoms with E-state index < -0.39 is 11.9 Å². The highest BCUT2D eigenvalue weighted by Gasteiger charge is 2.43. The number of rotatable bonds is 2. The van der Waals surface area contributed by atoms with Crippen LogP contribution in [0.1, 0.15) is 6.92 Å². The van der Waals surface area contributed by atoms with Crippen LogP contribution in [0.4, 0.5) is 0 Å². The van der Waals surface area contributed by atoms with E-state index >= 15 is 0 Å². The van der Waals surface area contributed by atoms with Gasteiger partial charge in [-0.25, -0.2) is 9.59 Å². The largest absolute Gasteiger partial charge is 0.466 e. The van der Waals surface area contributed by atoms with Gasteiger partial charge in [-0.1, -0.05) is 48.3 Å². The minimum absolute atomic E-state index is 0.178. The van der Waals surface area contributed by atoms with Crippen LogP contribution in [-0.2, 0) is 19.1 Å². The molecule has 23 heavy (non-hydrogen) atoms. The molecule has 1 saturated heterocycles. The summed E-state index contributed by atoms with van der Waals surface area (Å²) in [6.45, 7) is 1.90. The number of ether oxygens (including phenoxy) is 2. The number of hydrogen-bond donors (Lipinski definition) is 0. The van der Waals surface area contributed by atoms with Crippen LogP contribution in [0.25, 0.3) is 0 Å². The van der Waals surface area contributed by atoms with Crippen molar-refractivity contribution in [1.29, 1.82) is 0 Å². The van der Waals surface area contributed by atoms with Gasteiger partial charge in [0, 0.05) is 10.8 Å². The molecule has 0 aromatic rings.